The number of nitrogens with one attached hydrogen (secondary N) is 2. The maximum Gasteiger partial charge on any atom is 0.270 e. The molecular weight excluding hydrogens is 266 g/mol. The predicted molar refractivity (Wildman–Crippen MR) is 71.7 cm³/mol. The lowest BCUT2D eigenvalue weighted by Crippen LogP contribution is -2.27. The van der Waals surface area contributed by atoms with Crippen molar-refractivity contribution in [2.45, 2.75) is 12.8 Å². The summed E-state index contributed by atoms with van der Waals surface area (Å²) in [7, 11) is 0. The Balaban J connectivity index is 2.77. The first kappa shape index (κ1) is 15.4. The Morgan fingerprint density at radius 1 is 1.35 bits per heavy atom. The number of hydrogen-bond acceptors (Lipinski definition) is 6. The largest absolute Gasteiger partial charge is 0.370 e. The Hall–Kier alpha value is -2.68. The molecule has 0 unspecified atom stereocenters. The monoisotopic (exact) mass is 281 g/mol. The number of rotatable bonds is 7. The van der Waals surface area contributed by atoms with Crippen LogP contribution >= 0.6 is 0 Å². The topological polar surface area (TPSA) is 153 Å². The molecular formula is C11H15N5O4. The highest BCUT2D eigenvalue weighted by Crippen LogP contribution is 2.21. The van der Waals surface area contributed by atoms with Gasteiger partial charge < -0.3 is 16.5 Å². The van der Waals surface area contributed by atoms with Crippen LogP contribution in [0.3, 0.4) is 0 Å². The Bertz CT molecular complexity index is 532. The summed E-state index contributed by atoms with van der Waals surface area (Å²) in [4.78, 5) is 32.5. The van der Waals surface area contributed by atoms with Gasteiger partial charge in [-0.15, -0.1) is 0 Å². The number of nitrogen functional groups attached to an aromatic ring is 1. The number of primary amides is 1. The Labute approximate surface area is 114 Å². The molecule has 1 aromatic carbocycles. The number of hydrazine groups is 1. The molecule has 9 heteroatoms. The number of hydrogen-bond donors (Lipinski definition) is 4. The van der Waals surface area contributed by atoms with Crippen molar-refractivity contribution in [2.75, 3.05) is 12.0 Å². The lowest BCUT2D eigenvalue weighted by atomic mass is 10.1. The van der Waals surface area contributed by atoms with Crippen LogP contribution in [-0.2, 0) is 4.79 Å². The quantitative estimate of drug-likeness (QED) is 0.236. The third kappa shape index (κ3) is 4.21. The minimum Gasteiger partial charge on any atom is -0.370 e. The molecule has 0 fully saturated rings. The zero-order chi connectivity index (χ0) is 15.1. The second kappa shape index (κ2) is 7.04. The third-order valence-electron chi connectivity index (χ3n) is 2.50. The summed E-state index contributed by atoms with van der Waals surface area (Å²) in [6, 6.07) is 3.70. The summed E-state index contributed by atoms with van der Waals surface area (Å²) < 4.78 is 0. The standard InChI is InChI=1S/C11H15N5O4/c12-10(17)2-1-5-14-11(18)8-6-7(16(19)20)3-4-9(8)15-13/h3-4,6,15H,1-2,5,13H2,(H2,12,17)(H,14,18). The summed E-state index contributed by atoms with van der Waals surface area (Å²) in [5.41, 5.74) is 7.37. The summed E-state index contributed by atoms with van der Waals surface area (Å²) in [5.74, 6) is 4.27. The van der Waals surface area contributed by atoms with Crippen molar-refractivity contribution in [3.63, 3.8) is 0 Å². The first-order valence-electron chi connectivity index (χ1n) is 5.77. The van der Waals surface area contributed by atoms with Gasteiger partial charge >= 0.3 is 0 Å². The Morgan fingerprint density at radius 3 is 2.60 bits per heavy atom. The highest BCUT2D eigenvalue weighted by atomic mass is 16.6. The van der Waals surface area contributed by atoms with Gasteiger partial charge in [0.25, 0.3) is 11.6 Å². The van der Waals surface area contributed by atoms with Crippen LogP contribution in [0.25, 0.3) is 0 Å². The molecule has 0 radical (unpaired) electrons. The van der Waals surface area contributed by atoms with E-state index in [9.17, 15) is 19.7 Å². The van der Waals surface area contributed by atoms with Crippen molar-refractivity contribution in [1.29, 1.82) is 0 Å². The van der Waals surface area contributed by atoms with E-state index in [-0.39, 0.29) is 29.9 Å². The fraction of sp³-hybridized carbons (Fsp3) is 0.273. The number of nitrogens with zero attached hydrogens (tertiary/aromatic N) is 1. The molecule has 0 spiro atoms. The van der Waals surface area contributed by atoms with E-state index in [0.717, 1.165) is 6.07 Å². The molecule has 9 nitrogen and oxygen atoms in total. The van der Waals surface area contributed by atoms with E-state index < -0.39 is 16.7 Å². The zero-order valence-corrected chi connectivity index (χ0v) is 10.6. The number of carbonyl (C=O) groups is 2. The first-order valence-corrected chi connectivity index (χ1v) is 5.77. The fourth-order valence-electron chi connectivity index (χ4n) is 1.52. The van der Waals surface area contributed by atoms with Crippen LogP contribution in [0.15, 0.2) is 18.2 Å². The van der Waals surface area contributed by atoms with Crippen molar-refractivity contribution < 1.29 is 14.5 Å². The number of non-ortho nitro benzene ring substituents is 1. The molecule has 0 heterocycles. The van der Waals surface area contributed by atoms with Gasteiger partial charge in [0.05, 0.1) is 16.2 Å². The van der Waals surface area contributed by atoms with E-state index in [2.05, 4.69) is 10.7 Å². The van der Waals surface area contributed by atoms with Crippen LogP contribution in [0.1, 0.15) is 23.2 Å². The van der Waals surface area contributed by atoms with Gasteiger partial charge in [0.1, 0.15) is 0 Å². The lowest BCUT2D eigenvalue weighted by Gasteiger charge is -2.09. The Kier molecular flexibility index (Phi) is 5.42. The van der Waals surface area contributed by atoms with Crippen molar-refractivity contribution in [3.8, 4) is 0 Å². The number of nitro benzene ring substituents is 1. The molecule has 0 saturated carbocycles. The first-order chi connectivity index (χ1) is 9.45. The van der Waals surface area contributed by atoms with Crippen LogP contribution in [0.2, 0.25) is 0 Å². The summed E-state index contributed by atoms with van der Waals surface area (Å²) in [6.45, 7) is 0.231. The fourth-order valence-corrected chi connectivity index (χ4v) is 1.52. The van der Waals surface area contributed by atoms with Crippen LogP contribution < -0.4 is 22.3 Å². The third-order valence-corrected chi connectivity index (χ3v) is 2.50. The van der Waals surface area contributed by atoms with Gasteiger partial charge in [0.15, 0.2) is 0 Å². The maximum atomic E-state index is 11.9. The molecule has 0 atom stereocenters. The van der Waals surface area contributed by atoms with Crippen molar-refractivity contribution in [2.24, 2.45) is 11.6 Å². The summed E-state index contributed by atoms with van der Waals surface area (Å²) in [6.07, 6.45) is 0.540. The van der Waals surface area contributed by atoms with Gasteiger partial charge in [-0.25, -0.2) is 0 Å². The molecule has 2 amide bonds. The second-order valence-corrected chi connectivity index (χ2v) is 3.96. The maximum absolute atomic E-state index is 11.9. The number of amides is 2. The average molecular weight is 281 g/mol. The average Bonchev–Trinajstić information content (AvgIpc) is 2.42. The van der Waals surface area contributed by atoms with Crippen molar-refractivity contribution in [1.82, 2.24) is 5.32 Å². The molecule has 1 aromatic rings. The minimum atomic E-state index is -0.607. The molecule has 20 heavy (non-hydrogen) atoms. The predicted octanol–water partition coefficient (Wildman–Crippen LogP) is -0.124. The molecule has 6 N–H and O–H groups in total. The van der Waals surface area contributed by atoms with E-state index in [1.807, 2.05) is 0 Å². The van der Waals surface area contributed by atoms with Gasteiger partial charge in [0.2, 0.25) is 5.91 Å². The summed E-state index contributed by atoms with van der Waals surface area (Å²) in [5, 5.41) is 13.2. The van der Waals surface area contributed by atoms with Crippen LogP contribution in [-0.4, -0.2) is 23.3 Å². The van der Waals surface area contributed by atoms with Gasteiger partial charge in [-0.05, 0) is 12.5 Å². The highest BCUT2D eigenvalue weighted by Gasteiger charge is 2.16. The van der Waals surface area contributed by atoms with Crippen LogP contribution in [0.4, 0.5) is 11.4 Å². The number of nitrogens with two attached hydrogens (primary N) is 2. The number of benzene rings is 1. The highest BCUT2D eigenvalue weighted by molar-refractivity contribution is 6.00. The summed E-state index contributed by atoms with van der Waals surface area (Å²) >= 11 is 0. The van der Waals surface area contributed by atoms with E-state index >= 15 is 0 Å². The zero-order valence-electron chi connectivity index (χ0n) is 10.6. The molecule has 1 rings (SSSR count). The molecule has 0 saturated heterocycles. The minimum absolute atomic E-state index is 0.0563. The SMILES string of the molecule is NNc1ccc([N+](=O)[O-])cc1C(=O)NCCCC(N)=O. The van der Waals surface area contributed by atoms with E-state index in [1.165, 1.54) is 12.1 Å². The molecule has 0 aromatic heterocycles. The lowest BCUT2D eigenvalue weighted by molar-refractivity contribution is -0.384. The molecule has 0 aliphatic rings. The van der Waals surface area contributed by atoms with Crippen LogP contribution in [0.5, 0.6) is 0 Å². The van der Waals surface area contributed by atoms with Crippen molar-refractivity contribution >= 4 is 23.2 Å². The molecule has 0 aliphatic heterocycles. The van der Waals surface area contributed by atoms with E-state index in [0.29, 0.717) is 6.42 Å². The van der Waals surface area contributed by atoms with E-state index in [4.69, 9.17) is 11.6 Å². The van der Waals surface area contributed by atoms with Crippen molar-refractivity contribution in [3.05, 3.63) is 33.9 Å². The second-order valence-electron chi connectivity index (χ2n) is 3.96. The number of nitro groups is 1. The number of carbonyl (C=O) groups excluding carboxylic acids is 2. The van der Waals surface area contributed by atoms with Gasteiger partial charge in [-0.1, -0.05) is 0 Å². The molecule has 108 valence electrons. The normalized spacial score (nSPS) is 9.85. The van der Waals surface area contributed by atoms with Gasteiger partial charge in [0, 0.05) is 25.1 Å². The smallest absolute Gasteiger partial charge is 0.270 e. The van der Waals surface area contributed by atoms with Crippen LogP contribution in [0, 0.1) is 10.1 Å². The van der Waals surface area contributed by atoms with E-state index in [1.54, 1.807) is 0 Å². The molecule has 0 aliphatic carbocycles. The Morgan fingerprint density at radius 2 is 2.05 bits per heavy atom. The number of anilines is 1. The van der Waals surface area contributed by atoms with Gasteiger partial charge in [-0.3, -0.25) is 25.5 Å². The molecule has 0 bridgehead atoms. The van der Waals surface area contributed by atoms with Gasteiger partial charge in [-0.2, -0.15) is 0 Å².